The Morgan fingerprint density at radius 3 is 1.72 bits per heavy atom. The van der Waals surface area contributed by atoms with Crippen molar-refractivity contribution in [1.29, 1.82) is 0 Å². The molecule has 0 unspecified atom stereocenters. The first-order chi connectivity index (χ1) is 14.2. The molecule has 0 aliphatic heterocycles. The van der Waals surface area contributed by atoms with Crippen LogP contribution in [-0.2, 0) is 0 Å². The summed E-state index contributed by atoms with van der Waals surface area (Å²) in [7, 11) is 0.625. The average molecular weight is 492 g/mol. The standard InChI is InChI=1S/C15H7F11O6/c1-31-7-5(11(29)30)2-4(10(27)28)3-6(7)32-9(17)8(16)12(18,19)13(20,21)14(22,23)15(24,25)26/h2-3H,1H3,(H,27,28)(H,29,30). The van der Waals surface area contributed by atoms with Crippen LogP contribution in [0.4, 0.5) is 48.3 Å². The van der Waals surface area contributed by atoms with E-state index in [1.807, 2.05) is 0 Å². The third-order valence-corrected chi connectivity index (χ3v) is 3.53. The van der Waals surface area contributed by atoms with Crippen LogP contribution in [0, 0.1) is 0 Å². The van der Waals surface area contributed by atoms with E-state index >= 15 is 0 Å². The van der Waals surface area contributed by atoms with E-state index < -0.39 is 70.3 Å². The molecule has 1 rings (SSSR count). The number of methoxy groups -OCH3 is 1. The molecule has 0 saturated carbocycles. The van der Waals surface area contributed by atoms with E-state index in [1.165, 1.54) is 0 Å². The van der Waals surface area contributed by atoms with Crippen LogP contribution in [0.1, 0.15) is 20.7 Å². The zero-order valence-electron chi connectivity index (χ0n) is 14.8. The number of hydrogen-bond acceptors (Lipinski definition) is 4. The van der Waals surface area contributed by atoms with Crippen LogP contribution in [-0.4, -0.2) is 53.2 Å². The number of halogens is 11. The SMILES string of the molecule is COc1c(OC(F)=C(F)C(F)(F)C(F)(F)C(F)(F)C(F)(F)F)cc(C(=O)O)cc1C(=O)O. The number of benzene rings is 1. The first-order valence-corrected chi connectivity index (χ1v) is 7.36. The van der Waals surface area contributed by atoms with Gasteiger partial charge in [-0.1, -0.05) is 0 Å². The van der Waals surface area contributed by atoms with Gasteiger partial charge in [-0.3, -0.25) is 0 Å². The second kappa shape index (κ2) is 8.34. The monoisotopic (exact) mass is 492 g/mol. The molecule has 0 fully saturated rings. The summed E-state index contributed by atoms with van der Waals surface area (Å²) in [5.74, 6) is -33.2. The molecule has 0 amide bonds. The van der Waals surface area contributed by atoms with E-state index in [0.717, 1.165) is 0 Å². The third-order valence-electron chi connectivity index (χ3n) is 3.53. The Kier molecular flexibility index (Phi) is 6.98. The Hall–Kier alpha value is -3.27. The number of hydrogen-bond donors (Lipinski definition) is 2. The second-order valence-electron chi connectivity index (χ2n) is 5.58. The summed E-state index contributed by atoms with van der Waals surface area (Å²) in [5, 5.41) is 17.8. The summed E-state index contributed by atoms with van der Waals surface area (Å²) in [6, 6.07) is -3.04. The maximum atomic E-state index is 13.8. The van der Waals surface area contributed by atoms with Gasteiger partial charge in [-0.25, -0.2) is 9.59 Å². The van der Waals surface area contributed by atoms with Crippen LogP contribution in [0.5, 0.6) is 11.5 Å². The first kappa shape index (κ1) is 26.8. The molecular weight excluding hydrogens is 485 g/mol. The van der Waals surface area contributed by atoms with Gasteiger partial charge in [0.2, 0.25) is 5.83 Å². The van der Waals surface area contributed by atoms with E-state index in [4.69, 9.17) is 10.2 Å². The topological polar surface area (TPSA) is 93.1 Å². The van der Waals surface area contributed by atoms with Gasteiger partial charge >= 0.3 is 41.9 Å². The molecular formula is C15H7F11O6. The molecule has 17 heteroatoms. The molecule has 6 nitrogen and oxygen atoms in total. The first-order valence-electron chi connectivity index (χ1n) is 7.36. The second-order valence-corrected chi connectivity index (χ2v) is 5.58. The van der Waals surface area contributed by atoms with E-state index in [0.29, 0.717) is 13.2 Å². The number of carboxylic acids is 2. The summed E-state index contributed by atoms with van der Waals surface area (Å²) >= 11 is 0. The fraction of sp³-hybridized carbons (Fsp3) is 0.333. The van der Waals surface area contributed by atoms with E-state index in [-0.39, 0.29) is 6.07 Å². The molecule has 2 N–H and O–H groups in total. The lowest BCUT2D eigenvalue weighted by Crippen LogP contribution is -2.61. The molecule has 1 aromatic rings. The predicted molar refractivity (Wildman–Crippen MR) is 77.7 cm³/mol. The van der Waals surface area contributed by atoms with Crippen LogP contribution in [0.3, 0.4) is 0 Å². The summed E-state index contributed by atoms with van der Waals surface area (Å²) in [4.78, 5) is 22.1. The van der Waals surface area contributed by atoms with Crippen molar-refractivity contribution >= 4 is 11.9 Å². The van der Waals surface area contributed by atoms with Gasteiger partial charge in [0.1, 0.15) is 5.56 Å². The smallest absolute Gasteiger partial charge is 0.460 e. The van der Waals surface area contributed by atoms with Gasteiger partial charge in [-0.2, -0.15) is 48.3 Å². The molecule has 0 aliphatic rings. The molecule has 0 radical (unpaired) electrons. The van der Waals surface area contributed by atoms with Crippen molar-refractivity contribution < 1.29 is 77.6 Å². The molecule has 0 bridgehead atoms. The number of rotatable bonds is 8. The van der Waals surface area contributed by atoms with Crippen LogP contribution >= 0.6 is 0 Å². The van der Waals surface area contributed by atoms with Crippen molar-refractivity contribution in [3.05, 3.63) is 35.1 Å². The minimum Gasteiger partial charge on any atom is -0.492 e. The minimum absolute atomic E-state index is 0.126. The van der Waals surface area contributed by atoms with Crippen molar-refractivity contribution in [1.82, 2.24) is 0 Å². The number of carbonyl (C=O) groups is 2. The van der Waals surface area contributed by atoms with Gasteiger partial charge in [0.15, 0.2) is 11.5 Å². The van der Waals surface area contributed by atoms with Crippen LogP contribution in [0.2, 0.25) is 0 Å². The number of ether oxygens (including phenoxy) is 2. The van der Waals surface area contributed by atoms with Crippen molar-refractivity contribution in [3.63, 3.8) is 0 Å². The Labute approximate surface area is 168 Å². The Morgan fingerprint density at radius 1 is 0.844 bits per heavy atom. The maximum absolute atomic E-state index is 13.8. The normalized spacial score (nSPS) is 14.0. The van der Waals surface area contributed by atoms with Crippen LogP contribution < -0.4 is 9.47 Å². The molecule has 32 heavy (non-hydrogen) atoms. The quantitative estimate of drug-likeness (QED) is 0.390. The summed E-state index contributed by atoms with van der Waals surface area (Å²) < 4.78 is 151. The van der Waals surface area contributed by atoms with Gasteiger partial charge in [-0.05, 0) is 12.1 Å². The van der Waals surface area contributed by atoms with Gasteiger partial charge in [0.05, 0.1) is 12.7 Å². The summed E-state index contributed by atoms with van der Waals surface area (Å²) in [6.07, 6.45) is -7.31. The number of carboxylic acid groups (broad SMARTS) is 2. The van der Waals surface area contributed by atoms with E-state index in [2.05, 4.69) is 9.47 Å². The highest BCUT2D eigenvalue weighted by Gasteiger charge is 2.83. The molecule has 0 aliphatic carbocycles. The molecule has 0 saturated heterocycles. The Morgan fingerprint density at radius 2 is 1.34 bits per heavy atom. The number of aromatic carboxylic acids is 2. The molecule has 0 aromatic heterocycles. The number of allylic oxidation sites excluding steroid dienone is 1. The van der Waals surface area contributed by atoms with Crippen molar-refractivity contribution in [2.24, 2.45) is 0 Å². The van der Waals surface area contributed by atoms with E-state index in [1.54, 1.807) is 0 Å². The highest BCUT2D eigenvalue weighted by atomic mass is 19.4. The van der Waals surface area contributed by atoms with Crippen molar-refractivity contribution in [2.45, 2.75) is 23.9 Å². The molecule has 1 aromatic carbocycles. The molecule has 0 spiro atoms. The summed E-state index contributed by atoms with van der Waals surface area (Å²) in [5.41, 5.74) is -2.23. The summed E-state index contributed by atoms with van der Waals surface area (Å²) in [6.45, 7) is 0. The number of alkyl halides is 9. The van der Waals surface area contributed by atoms with Gasteiger partial charge < -0.3 is 19.7 Å². The average Bonchev–Trinajstić information content (AvgIpc) is 2.64. The Balaban J connectivity index is 3.65. The molecule has 0 heterocycles. The zero-order chi connectivity index (χ0) is 25.4. The lowest BCUT2D eigenvalue weighted by molar-refractivity contribution is -0.392. The van der Waals surface area contributed by atoms with E-state index in [9.17, 15) is 57.9 Å². The third kappa shape index (κ3) is 4.36. The highest BCUT2D eigenvalue weighted by molar-refractivity contribution is 5.97. The van der Waals surface area contributed by atoms with Crippen LogP contribution in [0.25, 0.3) is 0 Å². The molecule has 180 valence electrons. The van der Waals surface area contributed by atoms with Crippen molar-refractivity contribution in [3.8, 4) is 11.5 Å². The van der Waals surface area contributed by atoms with Crippen LogP contribution in [0.15, 0.2) is 24.0 Å². The lowest BCUT2D eigenvalue weighted by atomic mass is 10.0. The fourth-order valence-electron chi connectivity index (χ4n) is 1.95. The van der Waals surface area contributed by atoms with Crippen molar-refractivity contribution in [2.75, 3.05) is 7.11 Å². The molecule has 0 atom stereocenters. The van der Waals surface area contributed by atoms with Gasteiger partial charge in [-0.15, -0.1) is 0 Å². The lowest BCUT2D eigenvalue weighted by Gasteiger charge is -2.32. The predicted octanol–water partition coefficient (Wildman–Crippen LogP) is 5.05. The zero-order valence-corrected chi connectivity index (χ0v) is 14.8. The van der Waals surface area contributed by atoms with Gasteiger partial charge in [0, 0.05) is 0 Å². The largest absolute Gasteiger partial charge is 0.492 e. The maximum Gasteiger partial charge on any atom is 0.460 e. The highest BCUT2D eigenvalue weighted by Crippen LogP contribution is 2.56. The fourth-order valence-corrected chi connectivity index (χ4v) is 1.95. The minimum atomic E-state index is -7.57. The Bertz CT molecular complexity index is 952. The van der Waals surface area contributed by atoms with Gasteiger partial charge in [0.25, 0.3) is 0 Å².